The monoisotopic (exact) mass is 242 g/mol. The van der Waals surface area contributed by atoms with Crippen LogP contribution in [-0.4, -0.2) is 13.8 Å². The highest BCUT2D eigenvalue weighted by Crippen LogP contribution is 2.21. The molecule has 3 heteroatoms. The lowest BCUT2D eigenvalue weighted by atomic mass is 10.4. The first kappa shape index (κ1) is 12.8. The van der Waals surface area contributed by atoms with Gasteiger partial charge < -0.3 is 0 Å². The van der Waals surface area contributed by atoms with Crippen LogP contribution in [0.25, 0.3) is 0 Å². The molecule has 15 heavy (non-hydrogen) atoms. The maximum absolute atomic E-state index is 12.6. The smallest absolute Gasteiger partial charge is 0.123 e. The maximum Gasteiger partial charge on any atom is 0.123 e. The van der Waals surface area contributed by atoms with Crippen LogP contribution >= 0.6 is 11.8 Å². The molecule has 1 aromatic rings. The van der Waals surface area contributed by atoms with E-state index in [1.165, 1.54) is 29.5 Å². The minimum atomic E-state index is -0.878. The largest absolute Gasteiger partial charge is 0.207 e. The molecule has 0 aromatic heterocycles. The van der Waals surface area contributed by atoms with Crippen molar-refractivity contribution in [2.24, 2.45) is 0 Å². The molecule has 1 aromatic carbocycles. The number of benzene rings is 1. The lowest BCUT2D eigenvalue weighted by Crippen LogP contribution is -2.18. The van der Waals surface area contributed by atoms with Gasteiger partial charge in [0, 0.05) is 13.0 Å². The molecule has 0 fully saturated rings. The van der Waals surface area contributed by atoms with Crippen LogP contribution in [0.4, 0.5) is 4.39 Å². The first-order valence-electron chi connectivity index (χ1n) is 5.36. The molecular formula is C12H19FSSi. The molecule has 0 saturated carbocycles. The van der Waals surface area contributed by atoms with Crippen LogP contribution in [0.15, 0.2) is 29.2 Å². The average Bonchev–Trinajstić information content (AvgIpc) is 2.14. The molecule has 0 unspecified atom stereocenters. The first-order chi connectivity index (χ1) is 6.97. The Morgan fingerprint density at radius 3 is 2.27 bits per heavy atom. The second kappa shape index (κ2) is 5.71. The van der Waals surface area contributed by atoms with Gasteiger partial charge in [0.2, 0.25) is 0 Å². The van der Waals surface area contributed by atoms with Gasteiger partial charge in [0.1, 0.15) is 5.82 Å². The maximum atomic E-state index is 12.6. The molecule has 84 valence electrons. The van der Waals surface area contributed by atoms with E-state index in [2.05, 4.69) is 19.6 Å². The average molecular weight is 242 g/mol. The highest BCUT2D eigenvalue weighted by molar-refractivity contribution is 7.99. The summed E-state index contributed by atoms with van der Waals surface area (Å²) in [6.45, 7) is 7.20. The third kappa shape index (κ3) is 6.00. The predicted molar refractivity (Wildman–Crippen MR) is 69.9 cm³/mol. The van der Waals surface area contributed by atoms with Gasteiger partial charge in [-0.25, -0.2) is 4.39 Å². The van der Waals surface area contributed by atoms with Gasteiger partial charge in [-0.15, -0.1) is 11.8 Å². The number of thioether (sulfide) groups is 1. The molecule has 0 spiro atoms. The van der Waals surface area contributed by atoms with Crippen LogP contribution in [0.5, 0.6) is 0 Å². The van der Waals surface area contributed by atoms with Crippen molar-refractivity contribution in [1.82, 2.24) is 0 Å². The number of rotatable bonds is 5. The zero-order valence-electron chi connectivity index (χ0n) is 9.72. The molecule has 0 aliphatic carbocycles. The summed E-state index contributed by atoms with van der Waals surface area (Å²) >= 11 is 1.83. The highest BCUT2D eigenvalue weighted by atomic mass is 32.2. The SMILES string of the molecule is C[Si](C)(C)CCCSc1ccc(F)cc1. The van der Waals surface area contributed by atoms with E-state index in [1.54, 1.807) is 0 Å². The van der Waals surface area contributed by atoms with E-state index in [4.69, 9.17) is 0 Å². The van der Waals surface area contributed by atoms with Gasteiger partial charge in [-0.2, -0.15) is 0 Å². The van der Waals surface area contributed by atoms with Crippen LogP contribution in [0, 0.1) is 5.82 Å². The van der Waals surface area contributed by atoms with Gasteiger partial charge in [-0.3, -0.25) is 0 Å². The summed E-state index contributed by atoms with van der Waals surface area (Å²) in [5.74, 6) is 0.997. The van der Waals surface area contributed by atoms with Crippen LogP contribution in [0.1, 0.15) is 6.42 Å². The topological polar surface area (TPSA) is 0 Å². The summed E-state index contributed by atoms with van der Waals surface area (Å²) in [5.41, 5.74) is 0. The Morgan fingerprint density at radius 2 is 1.73 bits per heavy atom. The quantitative estimate of drug-likeness (QED) is 0.411. The Balaban J connectivity index is 2.23. The van der Waals surface area contributed by atoms with E-state index < -0.39 is 8.07 Å². The van der Waals surface area contributed by atoms with E-state index >= 15 is 0 Å². The number of halogens is 1. The zero-order chi connectivity index (χ0) is 11.3. The van der Waals surface area contributed by atoms with Gasteiger partial charge in [0.25, 0.3) is 0 Å². The fraction of sp³-hybridized carbons (Fsp3) is 0.500. The van der Waals surface area contributed by atoms with Gasteiger partial charge >= 0.3 is 0 Å². The van der Waals surface area contributed by atoms with Gasteiger partial charge in [0.15, 0.2) is 0 Å². The van der Waals surface area contributed by atoms with Gasteiger partial charge in [-0.1, -0.05) is 25.7 Å². The van der Waals surface area contributed by atoms with Crippen molar-refractivity contribution in [1.29, 1.82) is 0 Å². The first-order valence-corrected chi connectivity index (χ1v) is 10.0. The minimum absolute atomic E-state index is 0.151. The van der Waals surface area contributed by atoms with Crippen molar-refractivity contribution in [3.63, 3.8) is 0 Å². The summed E-state index contributed by atoms with van der Waals surface area (Å²) < 4.78 is 12.6. The number of hydrogen-bond acceptors (Lipinski definition) is 1. The summed E-state index contributed by atoms with van der Waals surface area (Å²) in [4.78, 5) is 1.17. The Kier molecular flexibility index (Phi) is 4.86. The van der Waals surface area contributed by atoms with E-state index in [0.29, 0.717) is 0 Å². The summed E-state index contributed by atoms with van der Waals surface area (Å²) in [6.07, 6.45) is 1.28. The highest BCUT2D eigenvalue weighted by Gasteiger charge is 2.11. The zero-order valence-corrected chi connectivity index (χ0v) is 11.5. The van der Waals surface area contributed by atoms with Crippen molar-refractivity contribution >= 4 is 19.8 Å². The van der Waals surface area contributed by atoms with Gasteiger partial charge in [-0.05, 0) is 36.4 Å². The van der Waals surface area contributed by atoms with Gasteiger partial charge in [0.05, 0.1) is 0 Å². The third-order valence-corrected chi connectivity index (χ3v) is 5.11. The predicted octanol–water partition coefficient (Wildman–Crippen LogP) is 4.65. The Bertz CT molecular complexity index is 289. The van der Waals surface area contributed by atoms with E-state index in [1.807, 2.05) is 23.9 Å². The van der Waals surface area contributed by atoms with E-state index in [0.717, 1.165) is 5.75 Å². The molecular weight excluding hydrogens is 223 g/mol. The molecule has 1 rings (SSSR count). The summed E-state index contributed by atoms with van der Waals surface area (Å²) in [5, 5.41) is 0. The summed E-state index contributed by atoms with van der Waals surface area (Å²) in [6, 6.07) is 8.14. The second-order valence-corrected chi connectivity index (χ2v) is 11.8. The third-order valence-electron chi connectivity index (χ3n) is 2.15. The molecule has 0 N–H and O–H groups in total. The molecule has 0 bridgehead atoms. The molecule has 0 radical (unpaired) electrons. The normalized spacial score (nSPS) is 11.7. The Labute approximate surface area is 97.3 Å². The van der Waals surface area contributed by atoms with Crippen molar-refractivity contribution in [2.45, 2.75) is 37.0 Å². The standard InChI is InChI=1S/C12H19FSSi/c1-15(2,3)10-4-9-14-12-7-5-11(13)6-8-12/h5-8H,4,9-10H2,1-3H3. The molecule has 0 heterocycles. The van der Waals surface area contributed by atoms with Crippen molar-refractivity contribution in [3.8, 4) is 0 Å². The van der Waals surface area contributed by atoms with Crippen LogP contribution in [0.2, 0.25) is 25.7 Å². The number of hydrogen-bond donors (Lipinski definition) is 0. The minimum Gasteiger partial charge on any atom is -0.207 e. The summed E-state index contributed by atoms with van der Waals surface area (Å²) in [7, 11) is -0.878. The Morgan fingerprint density at radius 1 is 1.13 bits per heavy atom. The fourth-order valence-corrected chi connectivity index (χ4v) is 3.67. The Hall–Kier alpha value is -0.283. The van der Waals surface area contributed by atoms with Crippen LogP contribution < -0.4 is 0 Å². The van der Waals surface area contributed by atoms with Crippen molar-refractivity contribution in [3.05, 3.63) is 30.1 Å². The van der Waals surface area contributed by atoms with Crippen molar-refractivity contribution in [2.75, 3.05) is 5.75 Å². The van der Waals surface area contributed by atoms with Crippen LogP contribution in [0.3, 0.4) is 0 Å². The van der Waals surface area contributed by atoms with Crippen molar-refractivity contribution < 1.29 is 4.39 Å². The lowest BCUT2D eigenvalue weighted by Gasteiger charge is -2.14. The molecule has 0 aliphatic heterocycles. The fourth-order valence-electron chi connectivity index (χ4n) is 1.32. The van der Waals surface area contributed by atoms with E-state index in [9.17, 15) is 4.39 Å². The molecule has 0 atom stereocenters. The second-order valence-electron chi connectivity index (χ2n) is 4.97. The van der Waals surface area contributed by atoms with E-state index in [-0.39, 0.29) is 5.82 Å². The van der Waals surface area contributed by atoms with Crippen LogP contribution in [-0.2, 0) is 0 Å². The lowest BCUT2D eigenvalue weighted by molar-refractivity contribution is 0.626. The molecule has 0 nitrogen and oxygen atoms in total. The molecule has 0 amide bonds. The molecule has 0 saturated heterocycles. The molecule has 0 aliphatic rings.